The summed E-state index contributed by atoms with van der Waals surface area (Å²) in [6.07, 6.45) is 0.481. The van der Waals surface area contributed by atoms with Gasteiger partial charge in [0.15, 0.2) is 6.29 Å². The first kappa shape index (κ1) is 18.8. The lowest BCUT2D eigenvalue weighted by Gasteiger charge is -2.36. The fourth-order valence-corrected chi connectivity index (χ4v) is 2.17. The van der Waals surface area contributed by atoms with E-state index in [1.165, 1.54) is 0 Å². The van der Waals surface area contributed by atoms with Gasteiger partial charge in [-0.25, -0.2) is 0 Å². The van der Waals surface area contributed by atoms with Crippen LogP contribution in [0, 0.1) is 0 Å². The van der Waals surface area contributed by atoms with E-state index in [-0.39, 0.29) is 18.4 Å². The molecule has 2 atom stereocenters. The minimum Gasteiger partial charge on any atom is -0.383 e. The zero-order chi connectivity index (χ0) is 14.7. The van der Waals surface area contributed by atoms with E-state index in [0.717, 1.165) is 13.0 Å². The van der Waals surface area contributed by atoms with Crippen LogP contribution < -0.4 is 5.73 Å². The second kappa shape index (κ2) is 11.6. The Kier molecular flexibility index (Phi) is 11.4. The summed E-state index contributed by atoms with van der Waals surface area (Å²) in [6.45, 7) is 4.79. The maximum atomic E-state index is 5.90. The van der Waals surface area contributed by atoms with Gasteiger partial charge in [-0.15, -0.1) is 0 Å². The molecule has 0 spiro atoms. The Morgan fingerprint density at radius 3 is 2.11 bits per heavy atom. The van der Waals surface area contributed by atoms with Gasteiger partial charge in [-0.2, -0.15) is 0 Å². The molecule has 19 heavy (non-hydrogen) atoms. The van der Waals surface area contributed by atoms with Crippen LogP contribution in [0.4, 0.5) is 0 Å². The van der Waals surface area contributed by atoms with Crippen molar-refractivity contribution in [2.24, 2.45) is 5.73 Å². The molecule has 0 aliphatic heterocycles. The molecule has 0 aliphatic rings. The van der Waals surface area contributed by atoms with Gasteiger partial charge in [0.25, 0.3) is 0 Å². The number of hydrogen-bond acceptors (Lipinski definition) is 6. The van der Waals surface area contributed by atoms with E-state index >= 15 is 0 Å². The monoisotopic (exact) mass is 278 g/mol. The van der Waals surface area contributed by atoms with E-state index in [9.17, 15) is 0 Å². The number of ether oxygens (including phenoxy) is 4. The van der Waals surface area contributed by atoms with E-state index in [1.807, 2.05) is 0 Å². The van der Waals surface area contributed by atoms with Gasteiger partial charge in [0.1, 0.15) is 0 Å². The molecule has 0 aromatic carbocycles. The van der Waals surface area contributed by atoms with Gasteiger partial charge in [-0.1, -0.05) is 0 Å². The van der Waals surface area contributed by atoms with Crippen molar-refractivity contribution in [3.63, 3.8) is 0 Å². The largest absolute Gasteiger partial charge is 0.383 e. The molecule has 0 aliphatic carbocycles. The SMILES string of the molecule is COCCN(C(C)COC)C(CN)CC(OC)OC. The molecule has 0 aromatic rings. The summed E-state index contributed by atoms with van der Waals surface area (Å²) < 4.78 is 20.9. The third kappa shape index (κ3) is 7.20. The Morgan fingerprint density at radius 2 is 1.68 bits per heavy atom. The maximum absolute atomic E-state index is 5.90. The van der Waals surface area contributed by atoms with Crippen LogP contribution >= 0.6 is 0 Å². The fourth-order valence-electron chi connectivity index (χ4n) is 2.17. The fraction of sp³-hybridized carbons (Fsp3) is 1.00. The molecule has 0 aromatic heterocycles. The molecular weight excluding hydrogens is 248 g/mol. The highest BCUT2D eigenvalue weighted by Crippen LogP contribution is 2.13. The van der Waals surface area contributed by atoms with Gasteiger partial charge in [0, 0.05) is 60.0 Å². The Labute approximate surface area is 117 Å². The molecular formula is C13H30N2O4. The van der Waals surface area contributed by atoms with Crippen LogP contribution in [0.3, 0.4) is 0 Å². The Hall–Kier alpha value is -0.240. The van der Waals surface area contributed by atoms with E-state index in [4.69, 9.17) is 24.7 Å². The summed E-state index contributed by atoms with van der Waals surface area (Å²) in [7, 11) is 6.68. The van der Waals surface area contributed by atoms with Crippen molar-refractivity contribution in [1.29, 1.82) is 0 Å². The van der Waals surface area contributed by atoms with Gasteiger partial charge in [-0.05, 0) is 6.92 Å². The molecule has 0 amide bonds. The second-order valence-corrected chi connectivity index (χ2v) is 4.56. The van der Waals surface area contributed by atoms with E-state index in [0.29, 0.717) is 19.8 Å². The average molecular weight is 278 g/mol. The normalized spacial score (nSPS) is 15.2. The van der Waals surface area contributed by atoms with Crippen LogP contribution in [0.2, 0.25) is 0 Å². The number of nitrogens with zero attached hydrogens (tertiary/aromatic N) is 1. The molecule has 2 N–H and O–H groups in total. The van der Waals surface area contributed by atoms with E-state index in [2.05, 4.69) is 11.8 Å². The summed E-state index contributed by atoms with van der Waals surface area (Å²) in [5.74, 6) is 0. The minimum absolute atomic E-state index is 0.171. The van der Waals surface area contributed by atoms with Crippen LogP contribution in [-0.4, -0.2) is 78.0 Å². The Bertz CT molecular complexity index is 203. The first-order chi connectivity index (χ1) is 9.14. The number of nitrogens with two attached hydrogens (primary N) is 1. The van der Waals surface area contributed by atoms with Gasteiger partial charge < -0.3 is 24.7 Å². The molecule has 0 fully saturated rings. The highest BCUT2D eigenvalue weighted by Gasteiger charge is 2.25. The molecule has 116 valence electrons. The molecule has 0 rings (SSSR count). The molecule has 0 bridgehead atoms. The topological polar surface area (TPSA) is 66.2 Å². The number of methoxy groups -OCH3 is 4. The molecule has 6 heteroatoms. The molecule has 0 saturated carbocycles. The molecule has 0 radical (unpaired) electrons. The quantitative estimate of drug-likeness (QED) is 0.518. The third-order valence-electron chi connectivity index (χ3n) is 3.26. The summed E-state index contributed by atoms with van der Waals surface area (Å²) >= 11 is 0. The predicted octanol–water partition coefficient (Wildman–Crippen LogP) is 0.306. The van der Waals surface area contributed by atoms with Gasteiger partial charge in [0.05, 0.1) is 13.2 Å². The number of rotatable bonds is 12. The van der Waals surface area contributed by atoms with Crippen molar-refractivity contribution in [3.8, 4) is 0 Å². The van der Waals surface area contributed by atoms with Crippen LogP contribution in [0.1, 0.15) is 13.3 Å². The molecule has 2 unspecified atom stereocenters. The third-order valence-corrected chi connectivity index (χ3v) is 3.26. The van der Waals surface area contributed by atoms with Crippen molar-refractivity contribution in [1.82, 2.24) is 4.90 Å². The van der Waals surface area contributed by atoms with Crippen LogP contribution in [-0.2, 0) is 18.9 Å². The van der Waals surface area contributed by atoms with Crippen molar-refractivity contribution in [3.05, 3.63) is 0 Å². The second-order valence-electron chi connectivity index (χ2n) is 4.56. The lowest BCUT2D eigenvalue weighted by molar-refractivity contribution is -0.119. The van der Waals surface area contributed by atoms with Crippen molar-refractivity contribution in [2.75, 3.05) is 54.7 Å². The molecule has 0 saturated heterocycles. The van der Waals surface area contributed by atoms with Crippen LogP contribution in [0.5, 0.6) is 0 Å². The zero-order valence-electron chi connectivity index (χ0n) is 12.9. The zero-order valence-corrected chi connectivity index (χ0v) is 12.9. The lowest BCUT2D eigenvalue weighted by Crippen LogP contribution is -2.50. The van der Waals surface area contributed by atoms with Crippen LogP contribution in [0.15, 0.2) is 0 Å². The van der Waals surface area contributed by atoms with Gasteiger partial charge in [0.2, 0.25) is 0 Å². The highest BCUT2D eigenvalue weighted by atomic mass is 16.7. The standard InChI is InChI=1S/C13H30N2O4/c1-11(10-17-3)15(6-7-16-2)12(9-14)8-13(18-4)19-5/h11-13H,6-10,14H2,1-5H3. The smallest absolute Gasteiger partial charge is 0.158 e. The number of hydrogen-bond donors (Lipinski definition) is 1. The van der Waals surface area contributed by atoms with Crippen LogP contribution in [0.25, 0.3) is 0 Å². The Morgan fingerprint density at radius 1 is 1.05 bits per heavy atom. The lowest BCUT2D eigenvalue weighted by atomic mass is 10.1. The van der Waals surface area contributed by atoms with Crippen molar-refractivity contribution in [2.45, 2.75) is 31.7 Å². The first-order valence-corrected chi connectivity index (χ1v) is 6.63. The minimum atomic E-state index is -0.242. The maximum Gasteiger partial charge on any atom is 0.158 e. The predicted molar refractivity (Wildman–Crippen MR) is 75.2 cm³/mol. The summed E-state index contributed by atoms with van der Waals surface area (Å²) in [5, 5.41) is 0. The van der Waals surface area contributed by atoms with E-state index < -0.39 is 0 Å². The van der Waals surface area contributed by atoms with E-state index in [1.54, 1.807) is 28.4 Å². The summed E-state index contributed by atoms with van der Waals surface area (Å²) in [6, 6.07) is 0.438. The molecule has 0 heterocycles. The highest BCUT2D eigenvalue weighted by molar-refractivity contribution is 4.78. The summed E-state index contributed by atoms with van der Waals surface area (Å²) in [5.41, 5.74) is 5.90. The molecule has 6 nitrogen and oxygen atoms in total. The van der Waals surface area contributed by atoms with Crippen molar-refractivity contribution < 1.29 is 18.9 Å². The average Bonchev–Trinajstić information content (AvgIpc) is 2.42. The Balaban J connectivity index is 4.64. The van der Waals surface area contributed by atoms with Gasteiger partial charge in [-0.3, -0.25) is 4.90 Å². The van der Waals surface area contributed by atoms with Gasteiger partial charge >= 0.3 is 0 Å². The van der Waals surface area contributed by atoms with Crippen molar-refractivity contribution >= 4 is 0 Å². The summed E-state index contributed by atoms with van der Waals surface area (Å²) in [4.78, 5) is 2.29. The first-order valence-electron chi connectivity index (χ1n) is 6.63.